The molecule has 0 saturated heterocycles. The number of hydrogen-bond acceptors (Lipinski definition) is 3. The van der Waals surface area contributed by atoms with Gasteiger partial charge in [0.25, 0.3) is 0 Å². The summed E-state index contributed by atoms with van der Waals surface area (Å²) in [5.74, 6) is 2.12. The number of carbonyl (C=O) groups excluding carboxylic acids is 1. The summed E-state index contributed by atoms with van der Waals surface area (Å²) in [5, 5.41) is 0.314. The van der Waals surface area contributed by atoms with Crippen LogP contribution in [0.2, 0.25) is 0 Å². The van der Waals surface area contributed by atoms with Crippen LogP contribution in [0.5, 0.6) is 0 Å². The summed E-state index contributed by atoms with van der Waals surface area (Å²) in [6.45, 7) is 0. The summed E-state index contributed by atoms with van der Waals surface area (Å²) < 4.78 is 41.4. The molecular weight excluding hydrogens is 419 g/mol. The van der Waals surface area contributed by atoms with Gasteiger partial charge in [-0.15, -0.1) is 11.3 Å². The standard InChI is InChI=1S/C25H22F3NOS/c26-25(27,28)19-6-2-1-4-17(19)23-29-21-18(5-3-7-20(21)31-23)22(30)24-11-14-8-15(12-24)10-16(9-14)13-24/h1-7,14-16H,8-13H2. The minimum Gasteiger partial charge on any atom is -0.293 e. The third-order valence-corrected chi connectivity index (χ3v) is 8.70. The number of fused-ring (bicyclic) bond motifs is 1. The molecule has 4 aliphatic carbocycles. The topological polar surface area (TPSA) is 30.0 Å². The lowest BCUT2D eigenvalue weighted by Gasteiger charge is -2.55. The van der Waals surface area contributed by atoms with Crippen molar-refractivity contribution >= 4 is 27.3 Å². The maximum atomic E-state index is 13.9. The highest BCUT2D eigenvalue weighted by Gasteiger charge is 2.54. The molecule has 2 aromatic carbocycles. The molecule has 31 heavy (non-hydrogen) atoms. The summed E-state index contributed by atoms with van der Waals surface area (Å²) >= 11 is 1.23. The van der Waals surface area contributed by atoms with Crippen LogP contribution in [0.3, 0.4) is 0 Å². The highest BCUT2D eigenvalue weighted by atomic mass is 32.1. The van der Waals surface area contributed by atoms with E-state index in [-0.39, 0.29) is 16.8 Å². The second-order valence-electron chi connectivity index (χ2n) is 9.74. The third kappa shape index (κ3) is 3.05. The molecule has 4 saturated carbocycles. The van der Waals surface area contributed by atoms with E-state index in [0.717, 1.165) is 30.0 Å². The Hall–Kier alpha value is -2.21. The van der Waals surface area contributed by atoms with Crippen molar-refractivity contribution in [1.82, 2.24) is 4.98 Å². The second-order valence-corrected chi connectivity index (χ2v) is 10.8. The number of alkyl halides is 3. The fraction of sp³-hybridized carbons (Fsp3) is 0.440. The molecule has 0 aliphatic heterocycles. The Morgan fingerprint density at radius 1 is 0.935 bits per heavy atom. The summed E-state index contributed by atoms with van der Waals surface area (Å²) in [6.07, 6.45) is 2.20. The van der Waals surface area contributed by atoms with Crippen molar-refractivity contribution in [3.8, 4) is 10.6 Å². The highest BCUT2D eigenvalue weighted by molar-refractivity contribution is 7.21. The van der Waals surface area contributed by atoms with Crippen LogP contribution in [0.4, 0.5) is 13.2 Å². The lowest BCUT2D eigenvalue weighted by molar-refractivity contribution is -0.137. The molecule has 3 aromatic rings. The maximum Gasteiger partial charge on any atom is 0.417 e. The van der Waals surface area contributed by atoms with Gasteiger partial charge in [0.15, 0.2) is 5.78 Å². The molecule has 0 atom stereocenters. The van der Waals surface area contributed by atoms with Crippen LogP contribution in [0, 0.1) is 23.2 Å². The van der Waals surface area contributed by atoms with E-state index in [1.54, 1.807) is 6.07 Å². The summed E-state index contributed by atoms with van der Waals surface area (Å²) in [7, 11) is 0. The van der Waals surface area contributed by atoms with E-state index in [1.807, 2.05) is 18.2 Å². The van der Waals surface area contributed by atoms with Crippen molar-refractivity contribution < 1.29 is 18.0 Å². The fourth-order valence-electron chi connectivity index (χ4n) is 6.84. The Labute approximate surface area is 182 Å². The third-order valence-electron chi connectivity index (χ3n) is 7.65. The highest BCUT2D eigenvalue weighted by Crippen LogP contribution is 2.61. The SMILES string of the molecule is O=C(c1cccc2sc(-c3ccccc3C(F)(F)F)nc12)C12CC3CC(CC(C3)C1)C2. The van der Waals surface area contributed by atoms with Crippen molar-refractivity contribution in [2.45, 2.75) is 44.7 Å². The predicted molar refractivity (Wildman–Crippen MR) is 115 cm³/mol. The number of hydrogen-bond donors (Lipinski definition) is 0. The van der Waals surface area contributed by atoms with Crippen LogP contribution in [0.25, 0.3) is 20.8 Å². The van der Waals surface area contributed by atoms with E-state index in [9.17, 15) is 18.0 Å². The van der Waals surface area contributed by atoms with Gasteiger partial charge in [-0.25, -0.2) is 4.98 Å². The first-order valence-corrected chi connectivity index (χ1v) is 11.7. The second kappa shape index (κ2) is 6.64. The first-order valence-electron chi connectivity index (χ1n) is 10.9. The first kappa shape index (κ1) is 19.5. The molecule has 0 unspecified atom stereocenters. The Kier molecular flexibility index (Phi) is 4.17. The molecule has 4 aliphatic rings. The van der Waals surface area contributed by atoms with Crippen molar-refractivity contribution in [2.75, 3.05) is 0 Å². The molecule has 0 radical (unpaired) electrons. The molecule has 1 heterocycles. The first-order chi connectivity index (χ1) is 14.8. The van der Waals surface area contributed by atoms with Gasteiger partial charge >= 0.3 is 6.18 Å². The van der Waals surface area contributed by atoms with Crippen molar-refractivity contribution in [1.29, 1.82) is 0 Å². The summed E-state index contributed by atoms with van der Waals surface area (Å²) in [4.78, 5) is 18.5. The van der Waals surface area contributed by atoms with Crippen molar-refractivity contribution in [2.24, 2.45) is 23.2 Å². The average Bonchev–Trinajstić information content (AvgIpc) is 3.16. The Morgan fingerprint density at radius 2 is 1.58 bits per heavy atom. The number of para-hydroxylation sites is 1. The van der Waals surface area contributed by atoms with E-state index in [0.29, 0.717) is 33.8 Å². The van der Waals surface area contributed by atoms with Gasteiger partial charge in [-0.05, 0) is 74.5 Å². The minimum absolute atomic E-state index is 0.0735. The van der Waals surface area contributed by atoms with E-state index in [4.69, 9.17) is 0 Å². The van der Waals surface area contributed by atoms with Gasteiger partial charge in [0.05, 0.1) is 15.8 Å². The van der Waals surface area contributed by atoms with Crippen LogP contribution in [0.1, 0.15) is 54.4 Å². The van der Waals surface area contributed by atoms with Crippen LogP contribution in [0.15, 0.2) is 42.5 Å². The number of rotatable bonds is 3. The van der Waals surface area contributed by atoms with E-state index < -0.39 is 11.7 Å². The number of nitrogens with zero attached hydrogens (tertiary/aromatic N) is 1. The largest absolute Gasteiger partial charge is 0.417 e. The van der Waals surface area contributed by atoms with Crippen LogP contribution in [-0.2, 0) is 6.18 Å². The van der Waals surface area contributed by atoms with Crippen molar-refractivity contribution in [3.05, 3.63) is 53.6 Å². The Bertz CT molecular complexity index is 1160. The zero-order chi connectivity index (χ0) is 21.4. The molecular formula is C25H22F3NOS. The molecule has 6 heteroatoms. The number of ketones is 1. The summed E-state index contributed by atoms with van der Waals surface area (Å²) in [5.41, 5.74) is 0.232. The molecule has 0 amide bonds. The monoisotopic (exact) mass is 441 g/mol. The quantitative estimate of drug-likeness (QED) is 0.397. The average molecular weight is 442 g/mol. The lowest BCUT2D eigenvalue weighted by atomic mass is 9.48. The number of Topliss-reactive ketones (excluding diaryl/α,β-unsaturated/α-hetero) is 1. The Balaban J connectivity index is 1.44. The number of halogens is 3. The smallest absolute Gasteiger partial charge is 0.293 e. The van der Waals surface area contributed by atoms with Gasteiger partial charge in [0, 0.05) is 16.5 Å². The molecule has 1 aromatic heterocycles. The normalized spacial score (nSPS) is 29.6. The number of aromatic nitrogens is 1. The van der Waals surface area contributed by atoms with Crippen LogP contribution in [-0.4, -0.2) is 10.8 Å². The maximum absolute atomic E-state index is 13.9. The zero-order valence-corrected chi connectivity index (χ0v) is 17.7. The van der Waals surface area contributed by atoms with E-state index in [2.05, 4.69) is 4.98 Å². The van der Waals surface area contributed by atoms with Gasteiger partial charge in [0.1, 0.15) is 5.01 Å². The van der Waals surface area contributed by atoms with Gasteiger partial charge in [-0.1, -0.05) is 24.3 Å². The van der Waals surface area contributed by atoms with Crippen LogP contribution < -0.4 is 0 Å². The molecule has 7 rings (SSSR count). The number of benzene rings is 2. The molecule has 0 spiro atoms. The predicted octanol–water partition coefficient (Wildman–Crippen LogP) is 7.38. The number of carbonyl (C=O) groups is 1. The molecule has 0 N–H and O–H groups in total. The molecule has 4 bridgehead atoms. The van der Waals surface area contributed by atoms with Gasteiger partial charge in [-0.2, -0.15) is 13.2 Å². The molecule has 4 fully saturated rings. The number of thiazole rings is 1. The molecule has 160 valence electrons. The van der Waals surface area contributed by atoms with Gasteiger partial charge < -0.3 is 0 Å². The Morgan fingerprint density at radius 3 is 2.23 bits per heavy atom. The summed E-state index contributed by atoms with van der Waals surface area (Å²) in [6, 6.07) is 11.0. The molecule has 2 nitrogen and oxygen atoms in total. The lowest BCUT2D eigenvalue weighted by Crippen LogP contribution is -2.50. The van der Waals surface area contributed by atoms with E-state index in [1.165, 1.54) is 42.7 Å². The van der Waals surface area contributed by atoms with Gasteiger partial charge in [0.2, 0.25) is 0 Å². The van der Waals surface area contributed by atoms with Gasteiger partial charge in [-0.3, -0.25) is 4.79 Å². The zero-order valence-electron chi connectivity index (χ0n) is 16.9. The van der Waals surface area contributed by atoms with Crippen LogP contribution >= 0.6 is 11.3 Å². The van der Waals surface area contributed by atoms with E-state index >= 15 is 0 Å². The fourth-order valence-corrected chi connectivity index (χ4v) is 7.87. The van der Waals surface area contributed by atoms with Crippen molar-refractivity contribution in [3.63, 3.8) is 0 Å². The minimum atomic E-state index is -4.45.